The van der Waals surface area contributed by atoms with E-state index >= 15 is 0 Å². The predicted octanol–water partition coefficient (Wildman–Crippen LogP) is 1.31. The van der Waals surface area contributed by atoms with E-state index in [4.69, 9.17) is 22.9 Å². The topological polar surface area (TPSA) is 104 Å². The lowest BCUT2D eigenvalue weighted by molar-refractivity contribution is 0.982. The molecule has 0 radical (unpaired) electrons. The SMILES string of the molecule is NCc1ccc(-c2cccc(CN)c2CN)cc1N. The predicted molar refractivity (Wildman–Crippen MR) is 80.0 cm³/mol. The molecule has 0 aromatic heterocycles. The molecule has 8 N–H and O–H groups in total. The summed E-state index contributed by atoms with van der Waals surface area (Å²) in [6, 6.07) is 12.0. The molecule has 2 aromatic rings. The summed E-state index contributed by atoms with van der Waals surface area (Å²) in [5.41, 5.74) is 29.2. The first kappa shape index (κ1) is 13.5. The molecule has 100 valence electrons. The van der Waals surface area contributed by atoms with E-state index in [9.17, 15) is 0 Å². The van der Waals surface area contributed by atoms with Gasteiger partial charge in [0.1, 0.15) is 0 Å². The summed E-state index contributed by atoms with van der Waals surface area (Å²) in [6.07, 6.45) is 0. The van der Waals surface area contributed by atoms with Crippen LogP contribution in [0.25, 0.3) is 11.1 Å². The molecule has 0 bridgehead atoms. The van der Waals surface area contributed by atoms with Crippen LogP contribution in [0.5, 0.6) is 0 Å². The van der Waals surface area contributed by atoms with Crippen LogP contribution in [0.1, 0.15) is 16.7 Å². The second kappa shape index (κ2) is 5.84. The van der Waals surface area contributed by atoms with Gasteiger partial charge >= 0.3 is 0 Å². The van der Waals surface area contributed by atoms with Gasteiger partial charge in [-0.2, -0.15) is 0 Å². The highest BCUT2D eigenvalue weighted by atomic mass is 14.6. The van der Waals surface area contributed by atoms with Gasteiger partial charge < -0.3 is 22.9 Å². The van der Waals surface area contributed by atoms with Crippen LogP contribution in [0.4, 0.5) is 5.69 Å². The molecule has 0 saturated carbocycles. The van der Waals surface area contributed by atoms with Gasteiger partial charge in [0, 0.05) is 25.3 Å². The second-order valence-corrected chi connectivity index (χ2v) is 4.47. The minimum absolute atomic E-state index is 0.443. The van der Waals surface area contributed by atoms with Crippen LogP contribution >= 0.6 is 0 Å². The average molecular weight is 256 g/mol. The fraction of sp³-hybridized carbons (Fsp3) is 0.200. The van der Waals surface area contributed by atoms with Gasteiger partial charge in [-0.1, -0.05) is 30.3 Å². The van der Waals surface area contributed by atoms with Gasteiger partial charge in [-0.3, -0.25) is 0 Å². The third-order valence-electron chi connectivity index (χ3n) is 3.37. The lowest BCUT2D eigenvalue weighted by atomic mass is 9.94. The van der Waals surface area contributed by atoms with Crippen molar-refractivity contribution < 1.29 is 0 Å². The average Bonchev–Trinajstić information content (AvgIpc) is 2.46. The van der Waals surface area contributed by atoms with Gasteiger partial charge in [0.25, 0.3) is 0 Å². The van der Waals surface area contributed by atoms with Crippen LogP contribution in [-0.4, -0.2) is 0 Å². The Balaban J connectivity index is 2.55. The number of hydrogen-bond donors (Lipinski definition) is 4. The zero-order valence-corrected chi connectivity index (χ0v) is 10.9. The van der Waals surface area contributed by atoms with Crippen molar-refractivity contribution in [2.45, 2.75) is 19.6 Å². The van der Waals surface area contributed by atoms with E-state index in [-0.39, 0.29) is 0 Å². The first-order valence-electron chi connectivity index (χ1n) is 6.31. The monoisotopic (exact) mass is 256 g/mol. The van der Waals surface area contributed by atoms with Crippen molar-refractivity contribution in [2.24, 2.45) is 17.2 Å². The van der Waals surface area contributed by atoms with E-state index in [1.54, 1.807) is 0 Å². The lowest BCUT2D eigenvalue weighted by Crippen LogP contribution is -2.08. The maximum absolute atomic E-state index is 6.00. The Bertz CT molecular complexity index is 578. The minimum Gasteiger partial charge on any atom is -0.398 e. The van der Waals surface area contributed by atoms with Crippen molar-refractivity contribution in [1.82, 2.24) is 0 Å². The molecule has 2 rings (SSSR count). The van der Waals surface area contributed by atoms with Crippen molar-refractivity contribution in [3.8, 4) is 11.1 Å². The molecule has 0 fully saturated rings. The summed E-state index contributed by atoms with van der Waals surface area (Å²) < 4.78 is 0. The fourth-order valence-corrected chi connectivity index (χ4v) is 2.29. The van der Waals surface area contributed by atoms with Crippen LogP contribution < -0.4 is 22.9 Å². The normalized spacial score (nSPS) is 10.7. The largest absolute Gasteiger partial charge is 0.398 e. The Hall–Kier alpha value is -1.88. The molecule has 0 saturated heterocycles. The summed E-state index contributed by atoms with van der Waals surface area (Å²) in [5, 5.41) is 0. The number of nitrogen functional groups attached to an aromatic ring is 1. The molecule has 2 aromatic carbocycles. The van der Waals surface area contributed by atoms with Gasteiger partial charge in [0.05, 0.1) is 0 Å². The molecular weight excluding hydrogens is 236 g/mol. The molecule has 4 nitrogen and oxygen atoms in total. The third-order valence-corrected chi connectivity index (χ3v) is 3.37. The van der Waals surface area contributed by atoms with E-state index in [0.717, 1.165) is 27.8 Å². The Labute approximate surface area is 113 Å². The van der Waals surface area contributed by atoms with Crippen molar-refractivity contribution in [3.05, 3.63) is 53.1 Å². The zero-order chi connectivity index (χ0) is 13.8. The van der Waals surface area contributed by atoms with Crippen molar-refractivity contribution in [2.75, 3.05) is 5.73 Å². The number of nitrogens with two attached hydrogens (primary N) is 4. The van der Waals surface area contributed by atoms with E-state index in [0.29, 0.717) is 25.3 Å². The smallest absolute Gasteiger partial charge is 0.0365 e. The molecule has 0 unspecified atom stereocenters. The molecular formula is C15H20N4. The van der Waals surface area contributed by atoms with Gasteiger partial charge in [-0.05, 0) is 33.9 Å². The molecule has 0 spiro atoms. The third kappa shape index (κ3) is 2.61. The first-order chi connectivity index (χ1) is 9.21. The maximum Gasteiger partial charge on any atom is 0.0365 e. The number of anilines is 1. The minimum atomic E-state index is 0.443. The quantitative estimate of drug-likeness (QED) is 0.619. The molecule has 0 aliphatic carbocycles. The Morgan fingerprint density at radius 3 is 2.11 bits per heavy atom. The first-order valence-corrected chi connectivity index (χ1v) is 6.31. The van der Waals surface area contributed by atoms with Crippen molar-refractivity contribution in [3.63, 3.8) is 0 Å². The van der Waals surface area contributed by atoms with Crippen molar-refractivity contribution >= 4 is 5.69 Å². The summed E-state index contributed by atoms with van der Waals surface area (Å²) in [4.78, 5) is 0. The van der Waals surface area contributed by atoms with E-state index in [1.165, 1.54) is 0 Å². The van der Waals surface area contributed by atoms with Gasteiger partial charge in [-0.15, -0.1) is 0 Å². The Morgan fingerprint density at radius 1 is 0.789 bits per heavy atom. The lowest BCUT2D eigenvalue weighted by Gasteiger charge is -2.14. The maximum atomic E-state index is 6.00. The molecule has 0 aliphatic rings. The van der Waals surface area contributed by atoms with Crippen LogP contribution in [-0.2, 0) is 19.6 Å². The van der Waals surface area contributed by atoms with Crippen LogP contribution in [0.3, 0.4) is 0 Å². The molecule has 19 heavy (non-hydrogen) atoms. The fourth-order valence-electron chi connectivity index (χ4n) is 2.29. The highest BCUT2D eigenvalue weighted by Crippen LogP contribution is 2.28. The Morgan fingerprint density at radius 2 is 1.53 bits per heavy atom. The van der Waals surface area contributed by atoms with Gasteiger partial charge in [0.2, 0.25) is 0 Å². The van der Waals surface area contributed by atoms with E-state index in [2.05, 4.69) is 0 Å². The summed E-state index contributed by atoms with van der Waals surface area (Å²) in [6.45, 7) is 1.39. The number of hydrogen-bond acceptors (Lipinski definition) is 4. The highest BCUT2D eigenvalue weighted by molar-refractivity contribution is 5.72. The van der Waals surface area contributed by atoms with Crippen LogP contribution in [0.15, 0.2) is 36.4 Å². The summed E-state index contributed by atoms with van der Waals surface area (Å²) in [5.74, 6) is 0. The van der Waals surface area contributed by atoms with E-state index in [1.807, 2.05) is 36.4 Å². The van der Waals surface area contributed by atoms with Gasteiger partial charge in [-0.25, -0.2) is 0 Å². The number of rotatable bonds is 4. The standard InChI is InChI=1S/C15H20N4/c16-7-11-2-1-3-13(14(11)9-18)10-4-5-12(8-17)15(19)6-10/h1-6H,7-9,16-19H2. The molecule has 4 heteroatoms. The molecule has 0 atom stereocenters. The summed E-state index contributed by atoms with van der Waals surface area (Å²) >= 11 is 0. The van der Waals surface area contributed by atoms with Crippen LogP contribution in [0.2, 0.25) is 0 Å². The second-order valence-electron chi connectivity index (χ2n) is 4.47. The Kier molecular flexibility index (Phi) is 4.16. The summed E-state index contributed by atoms with van der Waals surface area (Å²) in [7, 11) is 0. The van der Waals surface area contributed by atoms with Crippen molar-refractivity contribution in [1.29, 1.82) is 0 Å². The number of benzene rings is 2. The van der Waals surface area contributed by atoms with Crippen LogP contribution in [0, 0.1) is 0 Å². The molecule has 0 heterocycles. The van der Waals surface area contributed by atoms with E-state index < -0.39 is 0 Å². The molecule has 0 aliphatic heterocycles. The van der Waals surface area contributed by atoms with Gasteiger partial charge in [0.15, 0.2) is 0 Å². The molecule has 0 amide bonds. The highest BCUT2D eigenvalue weighted by Gasteiger charge is 2.09. The zero-order valence-electron chi connectivity index (χ0n) is 10.9.